The number of benzene rings is 1. The van der Waals surface area contributed by atoms with E-state index in [9.17, 15) is 14.9 Å². The molecule has 98 valence electrons. The standard InChI is InChI=1S/C13H8N4O3/c18-13-12-10(5-2-6-14-12)11(15-16-13)8-3-1-4-9(7-8)17(19)20/h1-7H,(H,16,18). The van der Waals surface area contributed by atoms with Crippen LogP contribution in [0.4, 0.5) is 5.69 Å². The Morgan fingerprint density at radius 1 is 1.20 bits per heavy atom. The monoisotopic (exact) mass is 268 g/mol. The van der Waals surface area contributed by atoms with Crippen molar-refractivity contribution in [2.45, 2.75) is 0 Å². The van der Waals surface area contributed by atoms with E-state index in [1.807, 2.05) is 0 Å². The van der Waals surface area contributed by atoms with E-state index in [1.165, 1.54) is 18.3 Å². The van der Waals surface area contributed by atoms with Gasteiger partial charge in [-0.15, -0.1) is 0 Å². The second-order valence-corrected chi connectivity index (χ2v) is 4.11. The van der Waals surface area contributed by atoms with Gasteiger partial charge in [0.05, 0.1) is 4.92 Å². The summed E-state index contributed by atoms with van der Waals surface area (Å²) in [4.78, 5) is 26.0. The molecule has 3 aromatic rings. The summed E-state index contributed by atoms with van der Waals surface area (Å²) in [7, 11) is 0. The first kappa shape index (κ1) is 12.0. The minimum absolute atomic E-state index is 0.0347. The number of hydrogen-bond acceptors (Lipinski definition) is 5. The molecule has 0 aliphatic rings. The van der Waals surface area contributed by atoms with E-state index in [0.717, 1.165) is 0 Å². The van der Waals surface area contributed by atoms with Crippen LogP contribution in [0.25, 0.3) is 22.2 Å². The number of non-ortho nitro benzene ring substituents is 1. The van der Waals surface area contributed by atoms with Crippen LogP contribution in [0.5, 0.6) is 0 Å². The molecule has 20 heavy (non-hydrogen) atoms. The van der Waals surface area contributed by atoms with E-state index in [0.29, 0.717) is 16.6 Å². The Morgan fingerprint density at radius 3 is 2.85 bits per heavy atom. The van der Waals surface area contributed by atoms with E-state index in [2.05, 4.69) is 15.2 Å². The molecule has 3 rings (SSSR count). The fraction of sp³-hybridized carbons (Fsp3) is 0. The molecule has 0 bridgehead atoms. The lowest BCUT2D eigenvalue weighted by Crippen LogP contribution is -2.10. The number of nitrogens with one attached hydrogen (secondary N) is 1. The highest BCUT2D eigenvalue weighted by molar-refractivity contribution is 5.91. The summed E-state index contributed by atoms with van der Waals surface area (Å²) in [6.07, 6.45) is 1.51. The van der Waals surface area contributed by atoms with Gasteiger partial charge in [0, 0.05) is 29.3 Å². The third-order valence-corrected chi connectivity index (χ3v) is 2.88. The molecular weight excluding hydrogens is 260 g/mol. The van der Waals surface area contributed by atoms with Crippen LogP contribution in [-0.4, -0.2) is 20.1 Å². The molecule has 0 amide bonds. The van der Waals surface area contributed by atoms with Gasteiger partial charge in [0.2, 0.25) is 0 Å². The van der Waals surface area contributed by atoms with Crippen LogP contribution in [-0.2, 0) is 0 Å². The number of rotatable bonds is 2. The number of hydrogen-bond donors (Lipinski definition) is 1. The van der Waals surface area contributed by atoms with Crippen molar-refractivity contribution in [2.75, 3.05) is 0 Å². The minimum atomic E-state index is -0.477. The molecule has 1 N–H and O–H groups in total. The molecule has 2 heterocycles. The molecular formula is C13H8N4O3. The van der Waals surface area contributed by atoms with Crippen molar-refractivity contribution >= 4 is 16.6 Å². The highest BCUT2D eigenvalue weighted by Gasteiger charge is 2.12. The Balaban J connectivity index is 2.30. The van der Waals surface area contributed by atoms with Crippen molar-refractivity contribution in [1.82, 2.24) is 15.2 Å². The summed E-state index contributed by atoms with van der Waals surface area (Å²) in [5, 5.41) is 17.7. The van der Waals surface area contributed by atoms with Crippen molar-refractivity contribution in [3.63, 3.8) is 0 Å². The highest BCUT2D eigenvalue weighted by Crippen LogP contribution is 2.26. The SMILES string of the molecule is O=c1[nH]nc(-c2cccc([N+](=O)[O-])c2)c2cccnc12. The molecule has 0 unspecified atom stereocenters. The third-order valence-electron chi connectivity index (χ3n) is 2.88. The van der Waals surface area contributed by atoms with Crippen molar-refractivity contribution in [3.05, 3.63) is 63.1 Å². The topological polar surface area (TPSA) is 102 Å². The zero-order valence-electron chi connectivity index (χ0n) is 10.1. The van der Waals surface area contributed by atoms with Gasteiger partial charge < -0.3 is 0 Å². The molecule has 0 aliphatic carbocycles. The van der Waals surface area contributed by atoms with E-state index in [4.69, 9.17) is 0 Å². The first-order valence-corrected chi connectivity index (χ1v) is 5.75. The van der Waals surface area contributed by atoms with Gasteiger partial charge in [0.1, 0.15) is 11.2 Å². The average molecular weight is 268 g/mol. The maximum atomic E-state index is 11.6. The maximum absolute atomic E-state index is 11.6. The lowest BCUT2D eigenvalue weighted by atomic mass is 10.1. The summed E-state index contributed by atoms with van der Waals surface area (Å²) < 4.78 is 0. The number of nitro benzene ring substituents is 1. The normalized spacial score (nSPS) is 10.6. The van der Waals surface area contributed by atoms with Gasteiger partial charge >= 0.3 is 0 Å². The van der Waals surface area contributed by atoms with Gasteiger partial charge in [-0.1, -0.05) is 12.1 Å². The van der Waals surface area contributed by atoms with Crippen LogP contribution in [0.1, 0.15) is 0 Å². The minimum Gasteiger partial charge on any atom is -0.266 e. The lowest BCUT2D eigenvalue weighted by molar-refractivity contribution is -0.384. The predicted octanol–water partition coefficient (Wildman–Crippen LogP) is 1.89. The first-order valence-electron chi connectivity index (χ1n) is 5.75. The maximum Gasteiger partial charge on any atom is 0.290 e. The van der Waals surface area contributed by atoms with Crippen molar-refractivity contribution < 1.29 is 4.92 Å². The second kappa shape index (κ2) is 4.54. The van der Waals surface area contributed by atoms with Gasteiger partial charge in [0.15, 0.2) is 0 Å². The zero-order valence-corrected chi connectivity index (χ0v) is 10.1. The molecule has 0 spiro atoms. The first-order chi connectivity index (χ1) is 9.66. The number of fused-ring (bicyclic) bond motifs is 1. The van der Waals surface area contributed by atoms with Crippen LogP contribution in [0, 0.1) is 10.1 Å². The van der Waals surface area contributed by atoms with Gasteiger partial charge in [-0.2, -0.15) is 5.10 Å². The van der Waals surface area contributed by atoms with E-state index < -0.39 is 10.5 Å². The van der Waals surface area contributed by atoms with Gasteiger partial charge in [-0.25, -0.2) is 5.10 Å². The average Bonchev–Trinajstić information content (AvgIpc) is 2.48. The molecule has 7 nitrogen and oxygen atoms in total. The van der Waals surface area contributed by atoms with Crippen molar-refractivity contribution in [2.24, 2.45) is 0 Å². The molecule has 0 fully saturated rings. The molecule has 2 aromatic heterocycles. The molecule has 0 saturated carbocycles. The molecule has 0 saturated heterocycles. The number of nitro groups is 1. The smallest absolute Gasteiger partial charge is 0.266 e. The number of H-pyrrole nitrogens is 1. The van der Waals surface area contributed by atoms with Gasteiger partial charge in [-0.05, 0) is 12.1 Å². The summed E-state index contributed by atoms with van der Waals surface area (Å²) >= 11 is 0. The zero-order chi connectivity index (χ0) is 14.1. The highest BCUT2D eigenvalue weighted by atomic mass is 16.6. The summed E-state index contributed by atoms with van der Waals surface area (Å²) in [6.45, 7) is 0. The predicted molar refractivity (Wildman–Crippen MR) is 72.2 cm³/mol. The number of nitrogens with zero attached hydrogens (tertiary/aromatic N) is 3. The summed E-state index contributed by atoms with van der Waals surface area (Å²) in [5.74, 6) is 0. The van der Waals surface area contributed by atoms with E-state index in [-0.39, 0.29) is 11.2 Å². The molecule has 7 heteroatoms. The Kier molecular flexibility index (Phi) is 2.72. The fourth-order valence-electron chi connectivity index (χ4n) is 1.98. The Bertz CT molecular complexity index is 873. The summed E-state index contributed by atoms with van der Waals surface area (Å²) in [5.41, 5.74) is 0.830. The second-order valence-electron chi connectivity index (χ2n) is 4.11. The Hall–Kier alpha value is -3.09. The molecule has 1 aromatic carbocycles. The number of aromatic amines is 1. The van der Waals surface area contributed by atoms with Crippen LogP contribution in [0.2, 0.25) is 0 Å². The molecule has 0 radical (unpaired) electrons. The largest absolute Gasteiger partial charge is 0.290 e. The third kappa shape index (κ3) is 1.91. The lowest BCUT2D eigenvalue weighted by Gasteiger charge is -2.04. The van der Waals surface area contributed by atoms with Gasteiger partial charge in [0.25, 0.3) is 11.2 Å². The van der Waals surface area contributed by atoms with Gasteiger partial charge in [-0.3, -0.25) is 19.9 Å². The van der Waals surface area contributed by atoms with Crippen LogP contribution < -0.4 is 5.56 Å². The Labute approximate surface area is 112 Å². The molecule has 0 aliphatic heterocycles. The van der Waals surface area contributed by atoms with Crippen LogP contribution >= 0.6 is 0 Å². The van der Waals surface area contributed by atoms with Crippen molar-refractivity contribution in [1.29, 1.82) is 0 Å². The Morgan fingerprint density at radius 2 is 2.05 bits per heavy atom. The molecule has 0 atom stereocenters. The fourth-order valence-corrected chi connectivity index (χ4v) is 1.98. The van der Waals surface area contributed by atoms with Crippen molar-refractivity contribution in [3.8, 4) is 11.3 Å². The number of aromatic nitrogens is 3. The number of pyridine rings is 1. The quantitative estimate of drug-likeness (QED) is 0.564. The van der Waals surface area contributed by atoms with Crippen LogP contribution in [0.15, 0.2) is 47.4 Å². The van der Waals surface area contributed by atoms with E-state index in [1.54, 1.807) is 24.3 Å². The van der Waals surface area contributed by atoms with E-state index >= 15 is 0 Å². The van der Waals surface area contributed by atoms with Crippen LogP contribution in [0.3, 0.4) is 0 Å². The summed E-state index contributed by atoms with van der Waals surface area (Å²) in [6, 6.07) is 9.47.